The Morgan fingerprint density at radius 3 is 2.18 bits per heavy atom. The first-order valence-electron chi connectivity index (χ1n) is 11.8. The lowest BCUT2D eigenvalue weighted by Crippen LogP contribution is -2.41. The van der Waals surface area contributed by atoms with E-state index >= 15 is 0 Å². The van der Waals surface area contributed by atoms with Gasteiger partial charge in [0, 0.05) is 22.7 Å². The first-order chi connectivity index (χ1) is 16.3. The van der Waals surface area contributed by atoms with Gasteiger partial charge in [0.2, 0.25) is 0 Å². The summed E-state index contributed by atoms with van der Waals surface area (Å²) in [6.07, 6.45) is 2.12. The van der Waals surface area contributed by atoms with E-state index in [0.717, 1.165) is 39.0 Å². The van der Waals surface area contributed by atoms with Crippen LogP contribution in [0.2, 0.25) is 0 Å². The molecule has 1 saturated heterocycles. The number of pyridine rings is 1. The van der Waals surface area contributed by atoms with E-state index in [1.807, 2.05) is 6.07 Å². The highest BCUT2D eigenvalue weighted by molar-refractivity contribution is 6.62. The van der Waals surface area contributed by atoms with Crippen LogP contribution < -0.4 is 5.46 Å². The van der Waals surface area contributed by atoms with E-state index in [2.05, 4.69) is 117 Å². The molecule has 1 fully saturated rings. The van der Waals surface area contributed by atoms with Crippen molar-refractivity contribution in [3.8, 4) is 22.5 Å². The van der Waals surface area contributed by atoms with Gasteiger partial charge in [-0.25, -0.2) is 4.98 Å². The second-order valence-corrected chi connectivity index (χ2v) is 9.99. The normalized spacial score (nSPS) is 17.0. The molecule has 1 aliphatic heterocycles. The molecule has 5 heteroatoms. The molecule has 0 unspecified atom stereocenters. The molecule has 0 spiro atoms. The quantitative estimate of drug-likeness (QED) is 0.313. The summed E-state index contributed by atoms with van der Waals surface area (Å²) in [5, 5.41) is 2.31. The molecule has 0 saturated carbocycles. The van der Waals surface area contributed by atoms with E-state index in [1.54, 1.807) is 0 Å². The number of aromatic nitrogens is 2. The van der Waals surface area contributed by atoms with Gasteiger partial charge < -0.3 is 9.31 Å². The van der Waals surface area contributed by atoms with Crippen LogP contribution in [0.25, 0.3) is 38.9 Å². The maximum atomic E-state index is 6.34. The number of imidazole rings is 1. The van der Waals surface area contributed by atoms with E-state index in [1.165, 1.54) is 5.39 Å². The number of rotatable bonds is 3. The minimum atomic E-state index is -0.412. The van der Waals surface area contributed by atoms with Gasteiger partial charge in [0.25, 0.3) is 0 Å². The van der Waals surface area contributed by atoms with Gasteiger partial charge >= 0.3 is 7.12 Å². The van der Waals surface area contributed by atoms with Crippen LogP contribution in [0.1, 0.15) is 27.7 Å². The van der Waals surface area contributed by atoms with E-state index in [0.29, 0.717) is 0 Å². The minimum Gasteiger partial charge on any atom is -0.399 e. The standard InChI is InChI=1S/C29H27BN2O2/c1-28(2)29(3,4)34-30(33-28)23-15-10-14-22(19-23)26-25(21-12-6-5-7-13-21)31-27-24-16-9-8-11-20(24)17-18-32(26)27/h5-19H,1-4H3. The summed E-state index contributed by atoms with van der Waals surface area (Å²) in [7, 11) is -0.412. The Labute approximate surface area is 200 Å². The summed E-state index contributed by atoms with van der Waals surface area (Å²) in [4.78, 5) is 5.16. The molecule has 2 aromatic heterocycles. The molecular formula is C29H27BN2O2. The van der Waals surface area contributed by atoms with Crippen molar-refractivity contribution < 1.29 is 9.31 Å². The predicted octanol–water partition coefficient (Wildman–Crippen LogP) is 6.12. The molecule has 34 heavy (non-hydrogen) atoms. The molecule has 4 nitrogen and oxygen atoms in total. The van der Waals surface area contributed by atoms with Crippen molar-refractivity contribution in [3.63, 3.8) is 0 Å². The Hall–Kier alpha value is -3.41. The van der Waals surface area contributed by atoms with Gasteiger partial charge in [-0.2, -0.15) is 0 Å². The Balaban J connectivity index is 1.56. The maximum Gasteiger partial charge on any atom is 0.494 e. The smallest absolute Gasteiger partial charge is 0.399 e. The average Bonchev–Trinajstić information content (AvgIpc) is 3.34. The highest BCUT2D eigenvalue weighted by Gasteiger charge is 2.51. The van der Waals surface area contributed by atoms with Crippen molar-refractivity contribution >= 4 is 29.0 Å². The average molecular weight is 446 g/mol. The van der Waals surface area contributed by atoms with Crippen molar-refractivity contribution in [3.05, 3.63) is 91.1 Å². The summed E-state index contributed by atoms with van der Waals surface area (Å²) in [5.41, 5.74) is 5.38. The molecule has 5 aromatic rings. The van der Waals surface area contributed by atoms with E-state index < -0.39 is 7.12 Å². The fraction of sp³-hybridized carbons (Fsp3) is 0.207. The van der Waals surface area contributed by atoms with Gasteiger partial charge in [0.15, 0.2) is 0 Å². The molecule has 0 atom stereocenters. The molecule has 0 bridgehead atoms. The lowest BCUT2D eigenvalue weighted by molar-refractivity contribution is 0.00578. The van der Waals surface area contributed by atoms with Crippen molar-refractivity contribution in [1.29, 1.82) is 0 Å². The number of nitrogens with zero attached hydrogens (tertiary/aromatic N) is 2. The fourth-order valence-corrected chi connectivity index (χ4v) is 4.65. The highest BCUT2D eigenvalue weighted by Crippen LogP contribution is 2.38. The highest BCUT2D eigenvalue weighted by atomic mass is 16.7. The Kier molecular flexibility index (Phi) is 4.70. The molecule has 3 aromatic carbocycles. The van der Waals surface area contributed by atoms with Crippen molar-refractivity contribution in [1.82, 2.24) is 9.38 Å². The van der Waals surface area contributed by atoms with Crippen LogP contribution in [-0.4, -0.2) is 27.7 Å². The van der Waals surface area contributed by atoms with Gasteiger partial charge in [0.05, 0.1) is 22.6 Å². The first-order valence-corrected chi connectivity index (χ1v) is 11.8. The van der Waals surface area contributed by atoms with Crippen LogP contribution in [0, 0.1) is 0 Å². The molecule has 1 aliphatic rings. The molecule has 168 valence electrons. The first kappa shape index (κ1) is 21.1. The van der Waals surface area contributed by atoms with Crippen molar-refractivity contribution in [2.75, 3.05) is 0 Å². The lowest BCUT2D eigenvalue weighted by Gasteiger charge is -2.32. The second-order valence-electron chi connectivity index (χ2n) is 9.99. The largest absolute Gasteiger partial charge is 0.494 e. The van der Waals surface area contributed by atoms with Gasteiger partial charge in [0.1, 0.15) is 5.65 Å². The molecule has 0 aliphatic carbocycles. The SMILES string of the molecule is CC1(C)OB(c2cccc(-c3c(-c4ccccc4)nc4c5ccccc5ccn34)c2)OC1(C)C. The minimum absolute atomic E-state index is 0.384. The zero-order valence-corrected chi connectivity index (χ0v) is 19.9. The lowest BCUT2D eigenvalue weighted by atomic mass is 9.78. The summed E-state index contributed by atoms with van der Waals surface area (Å²) in [6, 6.07) is 29.4. The summed E-state index contributed by atoms with van der Waals surface area (Å²) in [5.74, 6) is 0. The third-order valence-electron chi connectivity index (χ3n) is 7.25. The third kappa shape index (κ3) is 3.27. The molecular weight excluding hydrogens is 419 g/mol. The summed E-state index contributed by atoms with van der Waals surface area (Å²) in [6.45, 7) is 8.33. The summed E-state index contributed by atoms with van der Waals surface area (Å²) < 4.78 is 14.9. The van der Waals surface area contributed by atoms with Crippen LogP contribution in [0.4, 0.5) is 0 Å². The van der Waals surface area contributed by atoms with Crippen LogP contribution in [0.3, 0.4) is 0 Å². The van der Waals surface area contributed by atoms with Gasteiger partial charge in [-0.15, -0.1) is 0 Å². The van der Waals surface area contributed by atoms with Gasteiger partial charge in [-0.05, 0) is 44.6 Å². The third-order valence-corrected chi connectivity index (χ3v) is 7.25. The molecule has 0 radical (unpaired) electrons. The Morgan fingerprint density at radius 2 is 1.41 bits per heavy atom. The zero-order chi connectivity index (χ0) is 23.5. The fourth-order valence-electron chi connectivity index (χ4n) is 4.65. The van der Waals surface area contributed by atoms with Crippen molar-refractivity contribution in [2.45, 2.75) is 38.9 Å². The van der Waals surface area contributed by atoms with Crippen LogP contribution in [-0.2, 0) is 9.31 Å². The van der Waals surface area contributed by atoms with E-state index in [-0.39, 0.29) is 11.2 Å². The molecule has 6 rings (SSSR count). The van der Waals surface area contributed by atoms with Crippen molar-refractivity contribution in [2.24, 2.45) is 0 Å². The number of benzene rings is 3. The Bertz CT molecular complexity index is 1510. The number of hydrogen-bond donors (Lipinski definition) is 0. The number of fused-ring (bicyclic) bond motifs is 3. The predicted molar refractivity (Wildman–Crippen MR) is 139 cm³/mol. The van der Waals surface area contributed by atoms with Crippen LogP contribution in [0.15, 0.2) is 91.1 Å². The van der Waals surface area contributed by atoms with Gasteiger partial charge in [-0.3, -0.25) is 4.40 Å². The van der Waals surface area contributed by atoms with Crippen LogP contribution in [0.5, 0.6) is 0 Å². The topological polar surface area (TPSA) is 35.8 Å². The maximum absolute atomic E-state index is 6.34. The van der Waals surface area contributed by atoms with Crippen LogP contribution >= 0.6 is 0 Å². The van der Waals surface area contributed by atoms with E-state index in [9.17, 15) is 0 Å². The number of hydrogen-bond acceptors (Lipinski definition) is 3. The van der Waals surface area contributed by atoms with Gasteiger partial charge in [-0.1, -0.05) is 78.9 Å². The molecule has 0 N–H and O–H groups in total. The van der Waals surface area contributed by atoms with E-state index in [4.69, 9.17) is 14.3 Å². The molecule has 0 amide bonds. The molecule has 3 heterocycles. The Morgan fingerprint density at radius 1 is 0.735 bits per heavy atom. The second kappa shape index (κ2) is 7.56. The zero-order valence-electron chi connectivity index (χ0n) is 19.9. The summed E-state index contributed by atoms with van der Waals surface area (Å²) >= 11 is 0. The monoisotopic (exact) mass is 446 g/mol.